The summed E-state index contributed by atoms with van der Waals surface area (Å²) in [6.45, 7) is 2.00. The Bertz CT molecular complexity index is 537. The highest BCUT2D eigenvalue weighted by molar-refractivity contribution is 5.90. The molecule has 0 radical (unpaired) electrons. The van der Waals surface area contributed by atoms with E-state index >= 15 is 0 Å². The Hall–Kier alpha value is -2.48. The summed E-state index contributed by atoms with van der Waals surface area (Å²) >= 11 is 0. The molecule has 1 rings (SSSR count). The molecular formula is C14H14O5. The molecule has 0 atom stereocenters. The van der Waals surface area contributed by atoms with Crippen molar-refractivity contribution < 1.29 is 24.2 Å². The minimum absolute atomic E-state index is 0.0657. The number of phenols is 1. The first kappa shape index (κ1) is 14.6. The molecule has 5 heteroatoms. The fourth-order valence-corrected chi connectivity index (χ4v) is 1.30. The van der Waals surface area contributed by atoms with Gasteiger partial charge in [0.2, 0.25) is 0 Å². The van der Waals surface area contributed by atoms with Gasteiger partial charge in [-0.2, -0.15) is 0 Å². The molecule has 0 bridgehead atoms. The third kappa shape index (κ3) is 4.36. The molecule has 1 aromatic carbocycles. The lowest BCUT2D eigenvalue weighted by Gasteiger charge is -2.01. The Labute approximate surface area is 111 Å². The van der Waals surface area contributed by atoms with Gasteiger partial charge in [0.05, 0.1) is 24.8 Å². The zero-order chi connectivity index (χ0) is 14.3. The van der Waals surface area contributed by atoms with Crippen LogP contribution in [0, 0.1) is 11.8 Å². The number of hydrogen-bond acceptors (Lipinski definition) is 5. The van der Waals surface area contributed by atoms with E-state index in [0.29, 0.717) is 6.61 Å². The second-order valence-electron chi connectivity index (χ2n) is 3.51. The molecule has 19 heavy (non-hydrogen) atoms. The topological polar surface area (TPSA) is 72.8 Å². The summed E-state index contributed by atoms with van der Waals surface area (Å²) in [6, 6.07) is 4.18. The van der Waals surface area contributed by atoms with Crippen molar-refractivity contribution in [3.05, 3.63) is 29.3 Å². The molecule has 100 valence electrons. The maximum absolute atomic E-state index is 11.3. The number of esters is 2. The van der Waals surface area contributed by atoms with Crippen LogP contribution in [0.15, 0.2) is 18.2 Å². The first-order chi connectivity index (χ1) is 9.08. The van der Waals surface area contributed by atoms with Crippen LogP contribution in [0.5, 0.6) is 5.75 Å². The zero-order valence-corrected chi connectivity index (χ0v) is 10.7. The van der Waals surface area contributed by atoms with Gasteiger partial charge in [-0.25, -0.2) is 4.79 Å². The molecular weight excluding hydrogens is 248 g/mol. The standard InChI is InChI=1S/C14H14O5/c1-3-19-13(16)6-4-5-10-9-11(14(17)18-2)7-8-12(10)15/h7-9,15H,3,6H2,1-2H3. The second-order valence-corrected chi connectivity index (χ2v) is 3.51. The fourth-order valence-electron chi connectivity index (χ4n) is 1.30. The highest BCUT2D eigenvalue weighted by Crippen LogP contribution is 2.17. The zero-order valence-electron chi connectivity index (χ0n) is 10.7. The Kier molecular flexibility index (Phi) is 5.42. The summed E-state index contributed by atoms with van der Waals surface area (Å²) in [5.74, 6) is 4.17. The average Bonchev–Trinajstić information content (AvgIpc) is 2.40. The van der Waals surface area contributed by atoms with Gasteiger partial charge in [0.1, 0.15) is 12.2 Å². The van der Waals surface area contributed by atoms with E-state index in [-0.39, 0.29) is 23.3 Å². The van der Waals surface area contributed by atoms with Crippen molar-refractivity contribution in [2.45, 2.75) is 13.3 Å². The minimum atomic E-state index is -0.520. The van der Waals surface area contributed by atoms with Crippen molar-refractivity contribution in [2.24, 2.45) is 0 Å². The van der Waals surface area contributed by atoms with E-state index < -0.39 is 11.9 Å². The lowest BCUT2D eigenvalue weighted by atomic mass is 10.1. The summed E-state index contributed by atoms with van der Waals surface area (Å²) in [5, 5.41) is 9.59. The third-order valence-corrected chi connectivity index (χ3v) is 2.18. The highest BCUT2D eigenvalue weighted by Gasteiger charge is 2.08. The quantitative estimate of drug-likeness (QED) is 0.660. The number of hydrogen-bond donors (Lipinski definition) is 1. The molecule has 0 amide bonds. The number of benzene rings is 1. The van der Waals surface area contributed by atoms with Gasteiger partial charge in [0.25, 0.3) is 0 Å². The van der Waals surface area contributed by atoms with Crippen LogP contribution >= 0.6 is 0 Å². The van der Waals surface area contributed by atoms with Gasteiger partial charge in [-0.05, 0) is 25.1 Å². The highest BCUT2D eigenvalue weighted by atomic mass is 16.5. The van der Waals surface area contributed by atoms with Gasteiger partial charge >= 0.3 is 11.9 Å². The van der Waals surface area contributed by atoms with Crippen molar-refractivity contribution in [3.8, 4) is 17.6 Å². The van der Waals surface area contributed by atoms with Gasteiger partial charge in [-0.3, -0.25) is 4.79 Å². The number of phenolic OH excluding ortho intramolecular Hbond substituents is 1. The number of methoxy groups -OCH3 is 1. The molecule has 0 aliphatic carbocycles. The van der Waals surface area contributed by atoms with Crippen molar-refractivity contribution >= 4 is 11.9 Å². The summed E-state index contributed by atoms with van der Waals surface area (Å²) in [7, 11) is 1.27. The van der Waals surface area contributed by atoms with E-state index in [1.54, 1.807) is 6.92 Å². The molecule has 1 aromatic rings. The van der Waals surface area contributed by atoms with Crippen LogP contribution < -0.4 is 0 Å². The van der Waals surface area contributed by atoms with Gasteiger partial charge in [0.15, 0.2) is 0 Å². The Morgan fingerprint density at radius 3 is 2.74 bits per heavy atom. The van der Waals surface area contributed by atoms with Crippen LogP contribution in [0.1, 0.15) is 29.3 Å². The van der Waals surface area contributed by atoms with Crippen molar-refractivity contribution in [3.63, 3.8) is 0 Å². The van der Waals surface area contributed by atoms with E-state index in [1.807, 2.05) is 0 Å². The molecule has 5 nitrogen and oxygen atoms in total. The Balaban J connectivity index is 2.86. The largest absolute Gasteiger partial charge is 0.507 e. The Morgan fingerprint density at radius 2 is 2.11 bits per heavy atom. The predicted octanol–water partition coefficient (Wildman–Crippen LogP) is 1.48. The van der Waals surface area contributed by atoms with Gasteiger partial charge in [0, 0.05) is 0 Å². The molecule has 0 fully saturated rings. The molecule has 0 unspecified atom stereocenters. The van der Waals surface area contributed by atoms with Crippen LogP contribution in [-0.2, 0) is 14.3 Å². The molecule has 0 saturated heterocycles. The lowest BCUT2D eigenvalue weighted by Crippen LogP contribution is -2.02. The normalized spacial score (nSPS) is 9.16. The van der Waals surface area contributed by atoms with E-state index in [9.17, 15) is 14.7 Å². The summed E-state index contributed by atoms with van der Waals surface area (Å²) in [5.41, 5.74) is 0.535. The van der Waals surface area contributed by atoms with Gasteiger partial charge < -0.3 is 14.6 Å². The molecule has 0 saturated carbocycles. The van der Waals surface area contributed by atoms with E-state index in [0.717, 1.165) is 0 Å². The monoisotopic (exact) mass is 262 g/mol. The maximum atomic E-state index is 11.3. The van der Waals surface area contributed by atoms with Crippen molar-refractivity contribution in [1.29, 1.82) is 0 Å². The second kappa shape index (κ2) is 7.07. The molecule has 0 heterocycles. The minimum Gasteiger partial charge on any atom is -0.507 e. The Morgan fingerprint density at radius 1 is 1.37 bits per heavy atom. The SMILES string of the molecule is CCOC(=O)CC#Cc1cc(C(=O)OC)ccc1O. The molecule has 1 N–H and O–H groups in total. The molecule has 0 aromatic heterocycles. The number of carbonyl (C=O) groups excluding carboxylic acids is 2. The maximum Gasteiger partial charge on any atom is 0.337 e. The van der Waals surface area contributed by atoms with Gasteiger partial charge in [-0.1, -0.05) is 11.8 Å². The number of ether oxygens (including phenoxy) is 2. The summed E-state index contributed by atoms with van der Waals surface area (Å²) in [4.78, 5) is 22.4. The predicted molar refractivity (Wildman–Crippen MR) is 67.6 cm³/mol. The van der Waals surface area contributed by atoms with Crippen LogP contribution in [-0.4, -0.2) is 30.8 Å². The van der Waals surface area contributed by atoms with E-state index in [1.165, 1.54) is 25.3 Å². The van der Waals surface area contributed by atoms with Crippen LogP contribution in [0.4, 0.5) is 0 Å². The molecule has 0 aliphatic heterocycles. The number of aromatic hydroxyl groups is 1. The van der Waals surface area contributed by atoms with E-state index in [2.05, 4.69) is 16.6 Å². The average molecular weight is 262 g/mol. The lowest BCUT2D eigenvalue weighted by molar-refractivity contribution is -0.141. The van der Waals surface area contributed by atoms with Crippen LogP contribution in [0.3, 0.4) is 0 Å². The smallest absolute Gasteiger partial charge is 0.337 e. The van der Waals surface area contributed by atoms with Crippen LogP contribution in [0.25, 0.3) is 0 Å². The van der Waals surface area contributed by atoms with Crippen molar-refractivity contribution in [2.75, 3.05) is 13.7 Å². The molecule has 0 spiro atoms. The molecule has 0 aliphatic rings. The first-order valence-corrected chi connectivity index (χ1v) is 5.64. The summed E-state index contributed by atoms with van der Waals surface area (Å²) in [6.07, 6.45) is -0.0737. The number of rotatable bonds is 3. The van der Waals surface area contributed by atoms with Gasteiger partial charge in [-0.15, -0.1) is 0 Å². The fraction of sp³-hybridized carbons (Fsp3) is 0.286. The van der Waals surface area contributed by atoms with Crippen molar-refractivity contribution in [1.82, 2.24) is 0 Å². The first-order valence-electron chi connectivity index (χ1n) is 5.64. The number of carbonyl (C=O) groups is 2. The third-order valence-electron chi connectivity index (χ3n) is 2.18. The summed E-state index contributed by atoms with van der Waals surface area (Å²) < 4.78 is 9.27. The van der Waals surface area contributed by atoms with E-state index in [4.69, 9.17) is 4.74 Å². The van der Waals surface area contributed by atoms with Crippen LogP contribution in [0.2, 0.25) is 0 Å².